The third-order valence-electron chi connectivity index (χ3n) is 3.09. The fourth-order valence-corrected chi connectivity index (χ4v) is 2.35. The van der Waals surface area contributed by atoms with Crippen molar-refractivity contribution in [2.75, 3.05) is 5.43 Å². The van der Waals surface area contributed by atoms with Crippen LogP contribution in [-0.4, -0.2) is 22.3 Å². The van der Waals surface area contributed by atoms with E-state index in [1.165, 1.54) is 0 Å². The van der Waals surface area contributed by atoms with Crippen LogP contribution in [0.4, 0.5) is 5.95 Å². The molecule has 1 heterocycles. The Kier molecular flexibility index (Phi) is 4.48. The summed E-state index contributed by atoms with van der Waals surface area (Å²) in [6, 6.07) is 13.3. The number of rotatable bonds is 5. The second-order valence-corrected chi connectivity index (χ2v) is 5.74. The van der Waals surface area contributed by atoms with Crippen molar-refractivity contribution in [1.29, 1.82) is 0 Å². The topological polar surface area (TPSA) is 62.3 Å². The van der Waals surface area contributed by atoms with E-state index in [1.54, 1.807) is 6.21 Å². The van der Waals surface area contributed by atoms with E-state index >= 15 is 0 Å². The predicted octanol–water partition coefficient (Wildman–Crippen LogP) is 4.45. The molecule has 0 aliphatic heterocycles. The van der Waals surface area contributed by atoms with E-state index in [4.69, 9.17) is 16.3 Å². The van der Waals surface area contributed by atoms with Crippen molar-refractivity contribution < 1.29 is 4.74 Å². The van der Waals surface area contributed by atoms with Gasteiger partial charge < -0.3 is 9.72 Å². The molecule has 0 aliphatic rings. The highest BCUT2D eigenvalue weighted by Gasteiger charge is 2.04. The number of halogens is 1. The number of nitrogens with zero attached hydrogens (tertiary/aromatic N) is 2. The smallest absolute Gasteiger partial charge is 0.222 e. The molecule has 0 saturated carbocycles. The molecule has 0 atom stereocenters. The Balaban J connectivity index is 1.69. The number of aromatic nitrogens is 2. The lowest BCUT2D eigenvalue weighted by Gasteiger charge is -2.11. The molecule has 1 aromatic heterocycles. The van der Waals surface area contributed by atoms with Crippen LogP contribution in [0.2, 0.25) is 5.02 Å². The molecule has 0 saturated heterocycles. The van der Waals surface area contributed by atoms with Gasteiger partial charge in [0.25, 0.3) is 0 Å². The number of H-pyrrole nitrogens is 1. The zero-order valence-corrected chi connectivity index (χ0v) is 13.6. The number of hydrazone groups is 1. The van der Waals surface area contributed by atoms with Crippen molar-refractivity contribution >= 4 is 34.8 Å². The zero-order chi connectivity index (χ0) is 16.2. The van der Waals surface area contributed by atoms with E-state index in [0.717, 1.165) is 16.6 Å². The van der Waals surface area contributed by atoms with Crippen LogP contribution in [0.25, 0.3) is 11.0 Å². The third kappa shape index (κ3) is 3.81. The SMILES string of the molecule is CC(C)Oc1ccc(/C=N\Nc2nc3ccccc3[nH]2)cc1Cl. The number of ether oxygens (including phenoxy) is 1. The molecule has 0 bridgehead atoms. The maximum absolute atomic E-state index is 6.20. The van der Waals surface area contributed by atoms with Crippen molar-refractivity contribution in [3.05, 3.63) is 53.1 Å². The van der Waals surface area contributed by atoms with E-state index in [-0.39, 0.29) is 6.10 Å². The van der Waals surface area contributed by atoms with Crippen LogP contribution in [0.5, 0.6) is 5.75 Å². The maximum atomic E-state index is 6.20. The van der Waals surface area contributed by atoms with Gasteiger partial charge in [-0.3, -0.25) is 0 Å². The van der Waals surface area contributed by atoms with Gasteiger partial charge in [0.15, 0.2) is 0 Å². The molecule has 2 N–H and O–H groups in total. The first-order valence-electron chi connectivity index (χ1n) is 7.32. The fraction of sp³-hybridized carbons (Fsp3) is 0.176. The minimum absolute atomic E-state index is 0.0850. The molecule has 0 aliphatic carbocycles. The van der Waals surface area contributed by atoms with E-state index in [0.29, 0.717) is 16.7 Å². The monoisotopic (exact) mass is 328 g/mol. The average molecular weight is 329 g/mol. The molecule has 6 heteroatoms. The van der Waals surface area contributed by atoms with Crippen LogP contribution < -0.4 is 10.2 Å². The number of aromatic amines is 1. The highest BCUT2D eigenvalue weighted by atomic mass is 35.5. The summed E-state index contributed by atoms with van der Waals surface area (Å²) in [4.78, 5) is 7.52. The molecule has 0 fully saturated rings. The van der Waals surface area contributed by atoms with Gasteiger partial charge in [-0.05, 0) is 49.7 Å². The largest absolute Gasteiger partial charge is 0.489 e. The molecule has 0 radical (unpaired) electrons. The number of fused-ring (bicyclic) bond motifs is 1. The number of nitrogens with one attached hydrogen (secondary N) is 2. The molecule has 0 spiro atoms. The maximum Gasteiger partial charge on any atom is 0.222 e. The molecule has 0 unspecified atom stereocenters. The first-order valence-corrected chi connectivity index (χ1v) is 7.69. The first kappa shape index (κ1) is 15.4. The zero-order valence-electron chi connectivity index (χ0n) is 12.9. The molecule has 3 aromatic rings. The summed E-state index contributed by atoms with van der Waals surface area (Å²) in [5.41, 5.74) is 5.60. The van der Waals surface area contributed by atoms with Gasteiger partial charge in [0.1, 0.15) is 5.75 Å². The Bertz CT molecular complexity index is 808. The Hall–Kier alpha value is -2.53. The predicted molar refractivity (Wildman–Crippen MR) is 94.5 cm³/mol. The quantitative estimate of drug-likeness (QED) is 0.537. The van der Waals surface area contributed by atoms with E-state index in [9.17, 15) is 0 Å². The molecule has 3 rings (SSSR count). The number of hydrogen-bond acceptors (Lipinski definition) is 4. The summed E-state index contributed by atoms with van der Waals surface area (Å²) in [5.74, 6) is 1.26. The lowest BCUT2D eigenvalue weighted by atomic mass is 10.2. The molecule has 0 amide bonds. The van der Waals surface area contributed by atoms with Crippen LogP contribution in [0.1, 0.15) is 19.4 Å². The number of imidazole rings is 1. The van der Waals surface area contributed by atoms with Gasteiger partial charge in [-0.15, -0.1) is 0 Å². The van der Waals surface area contributed by atoms with Crippen molar-refractivity contribution in [3.63, 3.8) is 0 Å². The van der Waals surface area contributed by atoms with Gasteiger partial charge in [0.05, 0.1) is 28.4 Å². The van der Waals surface area contributed by atoms with Gasteiger partial charge in [-0.25, -0.2) is 10.4 Å². The van der Waals surface area contributed by atoms with Crippen LogP contribution in [0, 0.1) is 0 Å². The summed E-state index contributed by atoms with van der Waals surface area (Å²) in [6.45, 7) is 3.92. The second-order valence-electron chi connectivity index (χ2n) is 5.33. The summed E-state index contributed by atoms with van der Waals surface area (Å²) in [6.07, 6.45) is 1.76. The number of hydrogen-bond donors (Lipinski definition) is 2. The summed E-state index contributed by atoms with van der Waals surface area (Å²) < 4.78 is 5.60. The number of anilines is 1. The lowest BCUT2D eigenvalue weighted by molar-refractivity contribution is 0.242. The van der Waals surface area contributed by atoms with Crippen molar-refractivity contribution in [1.82, 2.24) is 9.97 Å². The summed E-state index contributed by atoms with van der Waals surface area (Å²) >= 11 is 6.20. The molecule has 2 aromatic carbocycles. The second kappa shape index (κ2) is 6.71. The van der Waals surface area contributed by atoms with Crippen LogP contribution in [0.15, 0.2) is 47.6 Å². The van der Waals surface area contributed by atoms with Gasteiger partial charge in [-0.1, -0.05) is 23.7 Å². The molecule has 118 valence electrons. The van der Waals surface area contributed by atoms with Crippen LogP contribution >= 0.6 is 11.6 Å². The van der Waals surface area contributed by atoms with E-state index in [1.807, 2.05) is 56.3 Å². The van der Waals surface area contributed by atoms with Crippen molar-refractivity contribution in [2.45, 2.75) is 20.0 Å². The van der Waals surface area contributed by atoms with E-state index < -0.39 is 0 Å². The fourth-order valence-electron chi connectivity index (χ4n) is 2.12. The van der Waals surface area contributed by atoms with Gasteiger partial charge in [0.2, 0.25) is 5.95 Å². The number of para-hydroxylation sites is 2. The molecule has 23 heavy (non-hydrogen) atoms. The van der Waals surface area contributed by atoms with Crippen molar-refractivity contribution in [3.8, 4) is 5.75 Å². The average Bonchev–Trinajstić information content (AvgIpc) is 2.92. The Morgan fingerprint density at radius 2 is 2.09 bits per heavy atom. The summed E-state index contributed by atoms with van der Waals surface area (Å²) in [7, 11) is 0. The first-order chi connectivity index (χ1) is 11.1. The highest BCUT2D eigenvalue weighted by Crippen LogP contribution is 2.25. The highest BCUT2D eigenvalue weighted by molar-refractivity contribution is 6.32. The molecular weight excluding hydrogens is 312 g/mol. The van der Waals surface area contributed by atoms with Crippen LogP contribution in [0.3, 0.4) is 0 Å². The number of benzene rings is 2. The standard InChI is InChI=1S/C17H17ClN4O/c1-11(2)23-16-8-7-12(9-13(16)18)10-19-22-17-20-14-5-3-4-6-15(14)21-17/h3-11H,1-2H3,(H2,20,21,22)/b19-10-. The Morgan fingerprint density at radius 3 is 2.83 bits per heavy atom. The van der Waals surface area contributed by atoms with Gasteiger partial charge in [0, 0.05) is 0 Å². The molecular formula is C17H17ClN4O. The lowest BCUT2D eigenvalue weighted by Crippen LogP contribution is -2.05. The van der Waals surface area contributed by atoms with Crippen molar-refractivity contribution in [2.24, 2.45) is 5.10 Å². The molecule has 5 nitrogen and oxygen atoms in total. The van der Waals surface area contributed by atoms with Gasteiger partial charge in [-0.2, -0.15) is 5.10 Å². The summed E-state index contributed by atoms with van der Waals surface area (Å²) in [5, 5.41) is 4.73. The Labute approximate surface area is 139 Å². The van der Waals surface area contributed by atoms with Crippen LogP contribution in [-0.2, 0) is 0 Å². The normalized spacial score (nSPS) is 11.5. The Morgan fingerprint density at radius 1 is 1.26 bits per heavy atom. The van der Waals surface area contributed by atoms with Gasteiger partial charge >= 0.3 is 0 Å². The minimum Gasteiger partial charge on any atom is -0.489 e. The third-order valence-corrected chi connectivity index (χ3v) is 3.39. The van der Waals surface area contributed by atoms with E-state index in [2.05, 4.69) is 20.5 Å². The minimum atomic E-state index is 0.0850.